The fourth-order valence-electron chi connectivity index (χ4n) is 1.83. The Kier molecular flexibility index (Phi) is 5.88. The number of benzene rings is 1. The van der Waals surface area contributed by atoms with Gasteiger partial charge in [-0.2, -0.15) is 5.26 Å². The number of nitrogens with one attached hydrogen (secondary N) is 1. The summed E-state index contributed by atoms with van der Waals surface area (Å²) < 4.78 is 0. The minimum Gasteiger partial charge on any atom is -0.298 e. The molecule has 1 aromatic carbocycles. The van der Waals surface area contributed by atoms with Crippen molar-refractivity contribution in [3.05, 3.63) is 35.4 Å². The predicted octanol–water partition coefficient (Wildman–Crippen LogP) is 4.01. The first kappa shape index (κ1) is 14.7. The summed E-state index contributed by atoms with van der Waals surface area (Å²) in [7, 11) is 0. The van der Waals surface area contributed by atoms with Crippen molar-refractivity contribution >= 4 is 0 Å². The Morgan fingerprint density at radius 1 is 1.06 bits per heavy atom. The second-order valence-electron chi connectivity index (χ2n) is 5.52. The Balaban J connectivity index is 2.62. The second kappa shape index (κ2) is 7.18. The molecule has 0 amide bonds. The zero-order valence-electron chi connectivity index (χ0n) is 11.9. The summed E-state index contributed by atoms with van der Waals surface area (Å²) in [5, 5.41) is 12.5. The van der Waals surface area contributed by atoms with E-state index in [2.05, 4.69) is 63.3 Å². The van der Waals surface area contributed by atoms with Crippen LogP contribution in [0.4, 0.5) is 0 Å². The molecule has 0 saturated heterocycles. The number of nitrogens with zero attached hydrogens (tertiary/aromatic N) is 1. The molecular weight excluding hydrogens is 220 g/mol. The summed E-state index contributed by atoms with van der Waals surface area (Å²) in [6, 6.07) is 10.5. The van der Waals surface area contributed by atoms with Crippen LogP contribution in [0.25, 0.3) is 0 Å². The Bertz CT molecular complexity index is 385. The van der Waals surface area contributed by atoms with Gasteiger partial charge in [0.25, 0.3) is 0 Å². The Morgan fingerprint density at radius 2 is 1.61 bits per heavy atom. The summed E-state index contributed by atoms with van der Waals surface area (Å²) in [4.78, 5) is 0. The lowest BCUT2D eigenvalue weighted by Crippen LogP contribution is -2.22. The highest BCUT2D eigenvalue weighted by Gasteiger charge is 2.10. The Labute approximate surface area is 111 Å². The third kappa shape index (κ3) is 4.50. The van der Waals surface area contributed by atoms with E-state index in [1.165, 1.54) is 5.56 Å². The fraction of sp³-hybridized carbons (Fsp3) is 0.562. The summed E-state index contributed by atoms with van der Waals surface area (Å²) in [5.74, 6) is 1.20. The van der Waals surface area contributed by atoms with Crippen molar-refractivity contribution in [1.29, 1.82) is 5.26 Å². The summed E-state index contributed by atoms with van der Waals surface area (Å²) in [6.07, 6.45) is 1.10. The second-order valence-corrected chi connectivity index (χ2v) is 5.52. The van der Waals surface area contributed by atoms with Gasteiger partial charge in [0.05, 0.1) is 6.07 Å². The number of hydrogen-bond acceptors (Lipinski definition) is 2. The van der Waals surface area contributed by atoms with E-state index in [1.807, 2.05) is 0 Å². The van der Waals surface area contributed by atoms with Crippen molar-refractivity contribution in [3.8, 4) is 6.07 Å². The SMILES string of the molecule is CC(C)CCNC(C#N)c1ccc(C(C)C)cc1. The van der Waals surface area contributed by atoms with Gasteiger partial charge < -0.3 is 0 Å². The molecule has 0 aliphatic heterocycles. The van der Waals surface area contributed by atoms with E-state index in [0.29, 0.717) is 11.8 Å². The first-order valence-corrected chi connectivity index (χ1v) is 6.77. The monoisotopic (exact) mass is 244 g/mol. The van der Waals surface area contributed by atoms with Crippen molar-refractivity contribution in [1.82, 2.24) is 5.32 Å². The van der Waals surface area contributed by atoms with E-state index >= 15 is 0 Å². The van der Waals surface area contributed by atoms with Crippen LogP contribution in [0.2, 0.25) is 0 Å². The normalized spacial score (nSPS) is 12.7. The highest BCUT2D eigenvalue weighted by atomic mass is 14.9. The highest BCUT2D eigenvalue weighted by Crippen LogP contribution is 2.18. The molecule has 0 aliphatic rings. The van der Waals surface area contributed by atoms with Crippen LogP contribution < -0.4 is 5.32 Å². The maximum absolute atomic E-state index is 9.21. The summed E-state index contributed by atoms with van der Waals surface area (Å²) >= 11 is 0. The molecule has 2 nitrogen and oxygen atoms in total. The lowest BCUT2D eigenvalue weighted by molar-refractivity contribution is 0.519. The molecule has 1 unspecified atom stereocenters. The van der Waals surface area contributed by atoms with Crippen LogP contribution >= 0.6 is 0 Å². The first-order chi connectivity index (χ1) is 8.54. The Morgan fingerprint density at radius 3 is 2.06 bits per heavy atom. The average molecular weight is 244 g/mol. The molecule has 0 aliphatic carbocycles. The van der Waals surface area contributed by atoms with E-state index in [0.717, 1.165) is 18.5 Å². The minimum atomic E-state index is -0.190. The number of nitriles is 1. The number of hydrogen-bond donors (Lipinski definition) is 1. The van der Waals surface area contributed by atoms with Crippen molar-refractivity contribution in [3.63, 3.8) is 0 Å². The topological polar surface area (TPSA) is 35.8 Å². The molecule has 0 heterocycles. The van der Waals surface area contributed by atoms with Crippen LogP contribution in [-0.4, -0.2) is 6.54 Å². The zero-order valence-corrected chi connectivity index (χ0v) is 11.9. The van der Waals surface area contributed by atoms with Crippen molar-refractivity contribution in [2.24, 2.45) is 5.92 Å². The maximum Gasteiger partial charge on any atom is 0.121 e. The molecule has 0 spiro atoms. The molecule has 1 atom stereocenters. The van der Waals surface area contributed by atoms with Crippen LogP contribution in [0.15, 0.2) is 24.3 Å². The lowest BCUT2D eigenvalue weighted by atomic mass is 9.99. The molecule has 0 radical (unpaired) electrons. The third-order valence-electron chi connectivity index (χ3n) is 3.14. The maximum atomic E-state index is 9.21. The molecule has 1 N–H and O–H groups in total. The van der Waals surface area contributed by atoms with E-state index in [-0.39, 0.29) is 6.04 Å². The van der Waals surface area contributed by atoms with Gasteiger partial charge in [-0.1, -0.05) is 52.0 Å². The van der Waals surface area contributed by atoms with Gasteiger partial charge in [0, 0.05) is 0 Å². The molecule has 0 fully saturated rings. The van der Waals surface area contributed by atoms with Gasteiger partial charge in [-0.05, 0) is 35.9 Å². The molecule has 18 heavy (non-hydrogen) atoms. The van der Waals surface area contributed by atoms with Gasteiger partial charge in [0.2, 0.25) is 0 Å². The molecule has 1 rings (SSSR count). The molecule has 0 bridgehead atoms. The van der Waals surface area contributed by atoms with Gasteiger partial charge in [0.1, 0.15) is 6.04 Å². The Hall–Kier alpha value is -1.33. The molecular formula is C16H24N2. The average Bonchev–Trinajstić information content (AvgIpc) is 2.34. The largest absolute Gasteiger partial charge is 0.298 e. The van der Waals surface area contributed by atoms with Crippen LogP contribution in [0.5, 0.6) is 0 Å². The van der Waals surface area contributed by atoms with Crippen molar-refractivity contribution in [2.45, 2.75) is 46.1 Å². The summed E-state index contributed by atoms with van der Waals surface area (Å²) in [5.41, 5.74) is 2.38. The summed E-state index contributed by atoms with van der Waals surface area (Å²) in [6.45, 7) is 9.64. The first-order valence-electron chi connectivity index (χ1n) is 6.77. The van der Waals surface area contributed by atoms with Crippen molar-refractivity contribution < 1.29 is 0 Å². The molecule has 98 valence electrons. The molecule has 1 aromatic rings. The van der Waals surface area contributed by atoms with E-state index in [9.17, 15) is 5.26 Å². The van der Waals surface area contributed by atoms with Gasteiger partial charge in [-0.3, -0.25) is 5.32 Å². The zero-order chi connectivity index (χ0) is 13.5. The molecule has 0 saturated carbocycles. The molecule has 0 aromatic heterocycles. The minimum absolute atomic E-state index is 0.190. The molecule has 2 heteroatoms. The van der Waals surface area contributed by atoms with E-state index in [1.54, 1.807) is 0 Å². The standard InChI is InChI=1S/C16H24N2/c1-12(2)9-10-18-16(11-17)15-7-5-14(6-8-15)13(3)4/h5-8,12-13,16,18H,9-10H2,1-4H3. The van der Waals surface area contributed by atoms with Gasteiger partial charge in [-0.25, -0.2) is 0 Å². The highest BCUT2D eigenvalue weighted by molar-refractivity contribution is 5.29. The smallest absolute Gasteiger partial charge is 0.121 e. The van der Waals surface area contributed by atoms with E-state index < -0.39 is 0 Å². The van der Waals surface area contributed by atoms with Crippen LogP contribution in [0, 0.1) is 17.2 Å². The van der Waals surface area contributed by atoms with E-state index in [4.69, 9.17) is 0 Å². The quantitative estimate of drug-likeness (QED) is 0.820. The van der Waals surface area contributed by atoms with Gasteiger partial charge in [0.15, 0.2) is 0 Å². The number of rotatable bonds is 6. The predicted molar refractivity (Wildman–Crippen MR) is 76.3 cm³/mol. The third-order valence-corrected chi connectivity index (χ3v) is 3.14. The van der Waals surface area contributed by atoms with Crippen LogP contribution in [0.3, 0.4) is 0 Å². The lowest BCUT2D eigenvalue weighted by Gasteiger charge is -2.14. The van der Waals surface area contributed by atoms with Crippen molar-refractivity contribution in [2.75, 3.05) is 6.54 Å². The van der Waals surface area contributed by atoms with Gasteiger partial charge >= 0.3 is 0 Å². The van der Waals surface area contributed by atoms with Gasteiger partial charge in [-0.15, -0.1) is 0 Å². The van der Waals surface area contributed by atoms with Crippen LogP contribution in [0.1, 0.15) is 57.2 Å². The fourth-order valence-corrected chi connectivity index (χ4v) is 1.83. The van der Waals surface area contributed by atoms with Crippen LogP contribution in [-0.2, 0) is 0 Å².